The van der Waals surface area contributed by atoms with Gasteiger partial charge in [0, 0.05) is 6.54 Å². The number of hydrogen-bond acceptors (Lipinski definition) is 4. The number of amides is 2. The molecule has 0 aliphatic heterocycles. The molecule has 2 amide bonds. The molecule has 2 N–H and O–H groups in total. The smallest absolute Gasteiger partial charge is 0.329 e. The zero-order valence-electron chi connectivity index (χ0n) is 14.3. The van der Waals surface area contributed by atoms with Gasteiger partial charge in [0.25, 0.3) is 0 Å². The van der Waals surface area contributed by atoms with E-state index in [1.54, 1.807) is 6.92 Å². The predicted molar refractivity (Wildman–Crippen MR) is 96.4 cm³/mol. The molecule has 0 aliphatic rings. The van der Waals surface area contributed by atoms with Crippen molar-refractivity contribution in [3.63, 3.8) is 0 Å². The molecular weight excluding hydrogens is 318 g/mol. The third kappa shape index (κ3) is 6.10. The third-order valence-corrected chi connectivity index (χ3v) is 3.33. The van der Waals surface area contributed by atoms with Crippen LogP contribution in [0.4, 0.5) is 0 Å². The molecule has 0 unspecified atom stereocenters. The number of aryl methyl sites for hydroxylation is 1. The monoisotopic (exact) mass is 339 g/mol. The molecule has 6 nitrogen and oxygen atoms in total. The number of likely N-dealkylation sites (N-methyl/N-ethyl adjacent to an activating group) is 1. The molecule has 0 bridgehead atoms. The van der Waals surface area contributed by atoms with E-state index in [1.807, 2.05) is 55.5 Å². The number of carbonyl (C=O) groups excluding carboxylic acids is 2. The van der Waals surface area contributed by atoms with Crippen molar-refractivity contribution in [1.82, 2.24) is 10.7 Å². The van der Waals surface area contributed by atoms with Gasteiger partial charge in [0.2, 0.25) is 0 Å². The molecule has 0 saturated heterocycles. The lowest BCUT2D eigenvalue weighted by atomic mass is 10.2. The zero-order chi connectivity index (χ0) is 18.1. The fraction of sp³-hybridized carbons (Fsp3) is 0.211. The SMILES string of the molecule is CCNC(=O)C(=O)N/N=C\c1ccc(OCc2ccc(C)cc2)cc1. The molecule has 0 radical (unpaired) electrons. The van der Waals surface area contributed by atoms with Crippen LogP contribution in [-0.2, 0) is 16.2 Å². The first kappa shape index (κ1) is 18.2. The maximum absolute atomic E-state index is 11.4. The number of benzene rings is 2. The van der Waals surface area contributed by atoms with Gasteiger partial charge in [-0.3, -0.25) is 9.59 Å². The summed E-state index contributed by atoms with van der Waals surface area (Å²) in [5.74, 6) is -0.764. The lowest BCUT2D eigenvalue weighted by Crippen LogP contribution is -2.37. The molecule has 130 valence electrons. The Kier molecular flexibility index (Phi) is 6.71. The summed E-state index contributed by atoms with van der Waals surface area (Å²) in [7, 11) is 0. The van der Waals surface area contributed by atoms with Crippen molar-refractivity contribution in [2.24, 2.45) is 5.10 Å². The van der Waals surface area contributed by atoms with Crippen LogP contribution >= 0.6 is 0 Å². The summed E-state index contributed by atoms with van der Waals surface area (Å²) in [5.41, 5.74) is 5.26. The van der Waals surface area contributed by atoms with Gasteiger partial charge in [-0.15, -0.1) is 0 Å². The van der Waals surface area contributed by atoms with Gasteiger partial charge < -0.3 is 10.1 Å². The summed E-state index contributed by atoms with van der Waals surface area (Å²) >= 11 is 0. The van der Waals surface area contributed by atoms with E-state index in [1.165, 1.54) is 11.8 Å². The topological polar surface area (TPSA) is 79.8 Å². The lowest BCUT2D eigenvalue weighted by Gasteiger charge is -2.06. The van der Waals surface area contributed by atoms with Crippen molar-refractivity contribution < 1.29 is 14.3 Å². The molecule has 0 spiro atoms. The van der Waals surface area contributed by atoms with Crippen LogP contribution in [0.3, 0.4) is 0 Å². The van der Waals surface area contributed by atoms with E-state index in [9.17, 15) is 9.59 Å². The van der Waals surface area contributed by atoms with Gasteiger partial charge in [0.1, 0.15) is 12.4 Å². The Morgan fingerprint density at radius 1 is 1.04 bits per heavy atom. The minimum atomic E-state index is -0.795. The van der Waals surface area contributed by atoms with Gasteiger partial charge in [-0.05, 0) is 49.2 Å². The molecule has 6 heteroatoms. The fourth-order valence-corrected chi connectivity index (χ4v) is 1.96. The van der Waals surface area contributed by atoms with Gasteiger partial charge in [-0.1, -0.05) is 29.8 Å². The van der Waals surface area contributed by atoms with Gasteiger partial charge >= 0.3 is 11.8 Å². The minimum absolute atomic E-state index is 0.389. The van der Waals surface area contributed by atoms with Crippen LogP contribution in [0.25, 0.3) is 0 Å². The van der Waals surface area contributed by atoms with Crippen LogP contribution in [-0.4, -0.2) is 24.6 Å². The highest BCUT2D eigenvalue weighted by atomic mass is 16.5. The van der Waals surface area contributed by atoms with E-state index in [0.717, 1.165) is 16.9 Å². The van der Waals surface area contributed by atoms with Crippen molar-refractivity contribution in [1.29, 1.82) is 0 Å². The first-order valence-electron chi connectivity index (χ1n) is 7.98. The highest BCUT2D eigenvalue weighted by molar-refractivity contribution is 6.35. The molecular formula is C19H21N3O3. The Morgan fingerprint density at radius 2 is 1.72 bits per heavy atom. The Labute approximate surface area is 146 Å². The highest BCUT2D eigenvalue weighted by Gasteiger charge is 2.09. The van der Waals surface area contributed by atoms with Gasteiger partial charge in [-0.25, -0.2) is 5.43 Å². The average Bonchev–Trinajstić information content (AvgIpc) is 2.62. The summed E-state index contributed by atoms with van der Waals surface area (Å²) in [6.07, 6.45) is 1.46. The first-order valence-corrected chi connectivity index (χ1v) is 7.98. The van der Waals surface area contributed by atoms with Crippen LogP contribution in [0.2, 0.25) is 0 Å². The second kappa shape index (κ2) is 9.22. The van der Waals surface area contributed by atoms with Crippen molar-refractivity contribution in [3.8, 4) is 5.75 Å². The quantitative estimate of drug-likeness (QED) is 0.481. The first-order chi connectivity index (χ1) is 12.1. The van der Waals surface area contributed by atoms with Crippen LogP contribution in [0, 0.1) is 6.92 Å². The zero-order valence-corrected chi connectivity index (χ0v) is 14.3. The molecule has 2 aromatic rings. The predicted octanol–water partition coefficient (Wildman–Crippen LogP) is 2.16. The summed E-state index contributed by atoms with van der Waals surface area (Å²) in [6.45, 7) is 4.66. The van der Waals surface area contributed by atoms with Crippen molar-refractivity contribution in [2.45, 2.75) is 20.5 Å². The number of nitrogens with one attached hydrogen (secondary N) is 2. The second-order valence-corrected chi connectivity index (χ2v) is 5.40. The molecule has 0 aromatic heterocycles. The normalized spacial score (nSPS) is 10.5. The number of nitrogens with zero attached hydrogens (tertiary/aromatic N) is 1. The van der Waals surface area contributed by atoms with Gasteiger partial charge in [-0.2, -0.15) is 5.10 Å². The maximum Gasteiger partial charge on any atom is 0.329 e. The van der Waals surface area contributed by atoms with E-state index in [4.69, 9.17) is 4.74 Å². The van der Waals surface area contributed by atoms with Crippen molar-refractivity contribution in [3.05, 3.63) is 65.2 Å². The molecule has 0 heterocycles. The Bertz CT molecular complexity index is 738. The van der Waals surface area contributed by atoms with Crippen molar-refractivity contribution >= 4 is 18.0 Å². The van der Waals surface area contributed by atoms with E-state index < -0.39 is 11.8 Å². The summed E-state index contributed by atoms with van der Waals surface area (Å²) in [4.78, 5) is 22.6. The second-order valence-electron chi connectivity index (χ2n) is 5.40. The maximum atomic E-state index is 11.4. The van der Waals surface area contributed by atoms with Crippen LogP contribution in [0.1, 0.15) is 23.6 Å². The van der Waals surface area contributed by atoms with E-state index in [2.05, 4.69) is 15.8 Å². The standard InChI is InChI=1S/C19H21N3O3/c1-3-20-18(23)19(24)22-21-12-15-8-10-17(11-9-15)25-13-16-6-4-14(2)5-7-16/h4-12H,3,13H2,1-2H3,(H,20,23)(H,22,24)/b21-12-. The molecule has 0 aliphatic carbocycles. The number of hydrogen-bond donors (Lipinski definition) is 2. The van der Waals surface area contributed by atoms with E-state index >= 15 is 0 Å². The molecule has 25 heavy (non-hydrogen) atoms. The Hall–Kier alpha value is -3.15. The third-order valence-electron chi connectivity index (χ3n) is 3.33. The lowest BCUT2D eigenvalue weighted by molar-refractivity contribution is -0.139. The van der Waals surface area contributed by atoms with E-state index in [0.29, 0.717) is 13.2 Å². The van der Waals surface area contributed by atoms with Crippen LogP contribution < -0.4 is 15.5 Å². The number of carbonyl (C=O) groups is 2. The minimum Gasteiger partial charge on any atom is -0.489 e. The van der Waals surface area contributed by atoms with E-state index in [-0.39, 0.29) is 0 Å². The van der Waals surface area contributed by atoms with Crippen LogP contribution in [0.5, 0.6) is 5.75 Å². The highest BCUT2D eigenvalue weighted by Crippen LogP contribution is 2.13. The number of rotatable bonds is 6. The molecule has 0 saturated carbocycles. The summed E-state index contributed by atoms with van der Waals surface area (Å²) in [6, 6.07) is 15.4. The molecule has 0 fully saturated rings. The molecule has 2 rings (SSSR count). The fourth-order valence-electron chi connectivity index (χ4n) is 1.96. The van der Waals surface area contributed by atoms with Gasteiger partial charge in [0.15, 0.2) is 0 Å². The average molecular weight is 339 g/mol. The number of ether oxygens (including phenoxy) is 1. The summed E-state index contributed by atoms with van der Waals surface area (Å²) < 4.78 is 5.72. The summed E-state index contributed by atoms with van der Waals surface area (Å²) in [5, 5.41) is 6.14. The van der Waals surface area contributed by atoms with Gasteiger partial charge in [0.05, 0.1) is 6.21 Å². The Balaban J connectivity index is 1.83. The van der Waals surface area contributed by atoms with Crippen LogP contribution in [0.15, 0.2) is 53.6 Å². The van der Waals surface area contributed by atoms with Crippen molar-refractivity contribution in [2.75, 3.05) is 6.54 Å². The largest absolute Gasteiger partial charge is 0.489 e. The number of hydrazone groups is 1. The molecule has 2 aromatic carbocycles. The molecule has 0 atom stereocenters. The Morgan fingerprint density at radius 3 is 2.36 bits per heavy atom.